The monoisotopic (exact) mass is 456 g/mol. The van der Waals surface area contributed by atoms with Crippen LogP contribution >= 0.6 is 0 Å². The molecule has 1 atom stereocenters. The molecule has 1 aromatic heterocycles. The third-order valence-corrected chi connectivity index (χ3v) is 5.68. The maximum absolute atomic E-state index is 11.4. The molecule has 8 nitrogen and oxygen atoms in total. The zero-order valence-electron chi connectivity index (χ0n) is 20.0. The van der Waals surface area contributed by atoms with Crippen LogP contribution in [-0.4, -0.2) is 51.4 Å². The Morgan fingerprint density at radius 1 is 1.27 bits per heavy atom. The average molecular weight is 457 g/mol. The van der Waals surface area contributed by atoms with Gasteiger partial charge in [-0.25, -0.2) is 9.97 Å². The zero-order valence-corrected chi connectivity index (χ0v) is 20.0. The predicted octanol–water partition coefficient (Wildman–Crippen LogP) is 4.57. The highest BCUT2D eigenvalue weighted by molar-refractivity contribution is 5.76. The topological polar surface area (TPSA) is 108 Å². The fraction of sp³-hybridized carbons (Fsp3) is 0.560. The highest BCUT2D eigenvalue weighted by Gasteiger charge is 2.29. The minimum atomic E-state index is -0.859. The highest BCUT2D eigenvalue weighted by Crippen LogP contribution is 2.38. The molecule has 0 radical (unpaired) electrons. The van der Waals surface area contributed by atoms with Gasteiger partial charge >= 0.3 is 12.0 Å². The van der Waals surface area contributed by atoms with Gasteiger partial charge in [0.1, 0.15) is 0 Å². The molecule has 1 aliphatic carbocycles. The minimum absolute atomic E-state index is 0.0803. The smallest absolute Gasteiger partial charge is 0.316 e. The van der Waals surface area contributed by atoms with Gasteiger partial charge < -0.3 is 25.2 Å². The van der Waals surface area contributed by atoms with Crippen molar-refractivity contribution in [3.63, 3.8) is 0 Å². The first-order chi connectivity index (χ1) is 15.7. The standard InChI is InChI=1S/C25H36N4O4/c1-5-18(12-23(30)31)19-9-10-22(29(15-17-7-8-17)16-25(3,4)32)21(11-19)28-20-13-26-24(27-14-20)33-6-2/h9-11,13-14,17-18,28,32H,5-8,12,15-16H2,1-4H3,(H,30,31). The van der Waals surface area contributed by atoms with E-state index in [0.717, 1.165) is 29.9 Å². The van der Waals surface area contributed by atoms with Crippen LogP contribution in [0, 0.1) is 5.92 Å². The van der Waals surface area contributed by atoms with Crippen LogP contribution in [0.1, 0.15) is 64.9 Å². The first kappa shape index (κ1) is 24.8. The van der Waals surface area contributed by atoms with E-state index < -0.39 is 11.6 Å². The lowest BCUT2D eigenvalue weighted by molar-refractivity contribution is -0.137. The molecule has 1 fully saturated rings. The van der Waals surface area contributed by atoms with Crippen molar-refractivity contribution in [3.8, 4) is 6.01 Å². The zero-order chi connectivity index (χ0) is 24.0. The van der Waals surface area contributed by atoms with Crippen molar-refractivity contribution in [2.75, 3.05) is 29.9 Å². The number of hydrogen-bond donors (Lipinski definition) is 3. The molecule has 0 spiro atoms. The van der Waals surface area contributed by atoms with Crippen molar-refractivity contribution < 1.29 is 19.7 Å². The van der Waals surface area contributed by atoms with Gasteiger partial charge in [-0.05, 0) is 69.6 Å². The molecule has 2 aromatic rings. The van der Waals surface area contributed by atoms with Gasteiger partial charge in [0.15, 0.2) is 0 Å². The van der Waals surface area contributed by atoms with Gasteiger partial charge in [0.05, 0.1) is 48.1 Å². The van der Waals surface area contributed by atoms with Gasteiger partial charge in [0, 0.05) is 13.1 Å². The summed E-state index contributed by atoms with van der Waals surface area (Å²) in [6.45, 7) is 9.36. The summed E-state index contributed by atoms with van der Waals surface area (Å²) in [6.07, 6.45) is 6.55. The molecule has 1 saturated carbocycles. The molecule has 1 aromatic carbocycles. The number of aliphatic carboxylic acids is 1. The van der Waals surface area contributed by atoms with E-state index in [1.165, 1.54) is 12.8 Å². The molecule has 180 valence electrons. The Morgan fingerprint density at radius 2 is 1.97 bits per heavy atom. The van der Waals surface area contributed by atoms with Crippen LogP contribution in [0.2, 0.25) is 0 Å². The van der Waals surface area contributed by atoms with Crippen LogP contribution in [0.4, 0.5) is 17.1 Å². The molecule has 1 heterocycles. The van der Waals surface area contributed by atoms with Crippen molar-refractivity contribution in [1.82, 2.24) is 9.97 Å². The van der Waals surface area contributed by atoms with Crippen LogP contribution in [0.15, 0.2) is 30.6 Å². The second-order valence-electron chi connectivity index (χ2n) is 9.43. The van der Waals surface area contributed by atoms with Gasteiger partial charge in [-0.1, -0.05) is 13.0 Å². The molecule has 0 saturated heterocycles. The molecule has 1 aliphatic rings. The Kier molecular flexibility index (Phi) is 8.13. The van der Waals surface area contributed by atoms with Crippen LogP contribution in [0.3, 0.4) is 0 Å². The number of rotatable bonds is 13. The van der Waals surface area contributed by atoms with E-state index in [4.69, 9.17) is 4.74 Å². The first-order valence-electron chi connectivity index (χ1n) is 11.7. The number of carbonyl (C=O) groups is 1. The maximum Gasteiger partial charge on any atom is 0.316 e. The highest BCUT2D eigenvalue weighted by atomic mass is 16.5. The Balaban J connectivity index is 1.97. The fourth-order valence-electron chi connectivity index (χ4n) is 3.96. The average Bonchev–Trinajstić information content (AvgIpc) is 3.56. The maximum atomic E-state index is 11.4. The summed E-state index contributed by atoms with van der Waals surface area (Å²) >= 11 is 0. The van der Waals surface area contributed by atoms with E-state index in [1.807, 2.05) is 45.9 Å². The quantitative estimate of drug-likeness (QED) is 0.402. The number of hydrogen-bond acceptors (Lipinski definition) is 7. The summed E-state index contributed by atoms with van der Waals surface area (Å²) in [4.78, 5) is 22.1. The number of nitrogens with one attached hydrogen (secondary N) is 1. The lowest BCUT2D eigenvalue weighted by atomic mass is 9.92. The Morgan fingerprint density at radius 3 is 2.52 bits per heavy atom. The van der Waals surface area contributed by atoms with Crippen LogP contribution < -0.4 is 15.0 Å². The third kappa shape index (κ3) is 7.60. The third-order valence-electron chi connectivity index (χ3n) is 5.68. The number of nitrogens with zero attached hydrogens (tertiary/aromatic N) is 3. The molecule has 8 heteroatoms. The lowest BCUT2D eigenvalue weighted by Gasteiger charge is -2.33. The van der Waals surface area contributed by atoms with E-state index in [2.05, 4.69) is 20.2 Å². The second-order valence-corrected chi connectivity index (χ2v) is 9.43. The van der Waals surface area contributed by atoms with Crippen molar-refractivity contribution in [2.24, 2.45) is 5.92 Å². The molecule has 0 aliphatic heterocycles. The van der Waals surface area contributed by atoms with Gasteiger partial charge in [0.25, 0.3) is 0 Å². The Labute approximate surface area is 196 Å². The number of anilines is 3. The summed E-state index contributed by atoms with van der Waals surface area (Å²) in [7, 11) is 0. The second kappa shape index (κ2) is 10.8. The van der Waals surface area contributed by atoms with E-state index in [0.29, 0.717) is 30.8 Å². The molecule has 1 unspecified atom stereocenters. The van der Waals surface area contributed by atoms with Crippen molar-refractivity contribution >= 4 is 23.0 Å². The summed E-state index contributed by atoms with van der Waals surface area (Å²) in [5, 5.41) is 23.3. The fourth-order valence-corrected chi connectivity index (χ4v) is 3.96. The Hall–Kier alpha value is -2.87. The SMILES string of the molecule is CCOc1ncc(Nc2cc(C(CC)CC(=O)O)ccc2N(CC2CC2)CC(C)(C)O)cn1. The number of benzene rings is 1. The van der Waals surface area contributed by atoms with Crippen molar-refractivity contribution in [2.45, 2.75) is 64.9 Å². The Bertz CT molecular complexity index is 923. The molecule has 3 rings (SSSR count). The molecule has 0 amide bonds. The largest absolute Gasteiger partial charge is 0.481 e. The van der Waals surface area contributed by atoms with Gasteiger partial charge in [-0.15, -0.1) is 0 Å². The molecule has 3 N–H and O–H groups in total. The summed E-state index contributed by atoms with van der Waals surface area (Å²) in [5.41, 5.74) is 2.62. The minimum Gasteiger partial charge on any atom is -0.481 e. The number of carboxylic acids is 1. The number of aromatic nitrogens is 2. The lowest BCUT2D eigenvalue weighted by Crippen LogP contribution is -2.40. The van der Waals surface area contributed by atoms with Gasteiger partial charge in [0.2, 0.25) is 0 Å². The van der Waals surface area contributed by atoms with Gasteiger partial charge in [-0.3, -0.25) is 4.79 Å². The first-order valence-corrected chi connectivity index (χ1v) is 11.7. The summed E-state index contributed by atoms with van der Waals surface area (Å²) < 4.78 is 5.34. The number of carboxylic acid groups (broad SMARTS) is 1. The summed E-state index contributed by atoms with van der Waals surface area (Å²) in [6, 6.07) is 6.39. The summed E-state index contributed by atoms with van der Waals surface area (Å²) in [5.74, 6) is -0.262. The van der Waals surface area contributed by atoms with E-state index in [1.54, 1.807) is 12.4 Å². The van der Waals surface area contributed by atoms with E-state index in [-0.39, 0.29) is 12.3 Å². The molecular weight excluding hydrogens is 420 g/mol. The van der Waals surface area contributed by atoms with Crippen LogP contribution in [-0.2, 0) is 4.79 Å². The number of ether oxygens (including phenoxy) is 1. The molecular formula is C25H36N4O4. The van der Waals surface area contributed by atoms with E-state index >= 15 is 0 Å². The van der Waals surface area contributed by atoms with Crippen LogP contribution in [0.5, 0.6) is 6.01 Å². The van der Waals surface area contributed by atoms with E-state index in [9.17, 15) is 15.0 Å². The molecule has 0 bridgehead atoms. The predicted molar refractivity (Wildman–Crippen MR) is 129 cm³/mol. The van der Waals surface area contributed by atoms with Crippen LogP contribution in [0.25, 0.3) is 0 Å². The van der Waals surface area contributed by atoms with Crippen molar-refractivity contribution in [1.29, 1.82) is 0 Å². The van der Waals surface area contributed by atoms with Crippen molar-refractivity contribution in [3.05, 3.63) is 36.2 Å². The van der Waals surface area contributed by atoms with Gasteiger partial charge in [-0.2, -0.15) is 0 Å². The molecule has 33 heavy (non-hydrogen) atoms. The normalized spacial score (nSPS) is 14.6. The number of aliphatic hydroxyl groups is 1.